The molecule has 3 rings (SSSR count). The fraction of sp³-hybridized carbons (Fsp3) is 0.556. The standard InChI is InChI=1S/C18H24O2/c1-4-5-9-17-10-8-13(2)18(17,19)16-7-6-15(20-3)11-14(16)12-17/h6-8,11,19H,4-5,9-10,12H2,1-3H3/t17-,18-/m0/s1. The highest BCUT2D eigenvalue weighted by molar-refractivity contribution is 5.52. The van der Waals surface area contributed by atoms with E-state index in [0.29, 0.717) is 0 Å². The molecule has 0 aromatic heterocycles. The topological polar surface area (TPSA) is 29.5 Å². The smallest absolute Gasteiger partial charge is 0.119 e. The van der Waals surface area contributed by atoms with Crippen molar-refractivity contribution >= 4 is 0 Å². The number of rotatable bonds is 4. The molecule has 0 aliphatic heterocycles. The van der Waals surface area contributed by atoms with Crippen LogP contribution in [0.2, 0.25) is 0 Å². The van der Waals surface area contributed by atoms with Crippen LogP contribution in [0.25, 0.3) is 0 Å². The number of unbranched alkanes of at least 4 members (excludes halogenated alkanes) is 1. The van der Waals surface area contributed by atoms with Gasteiger partial charge in [0.1, 0.15) is 11.4 Å². The number of hydrogen-bond donors (Lipinski definition) is 1. The molecule has 20 heavy (non-hydrogen) atoms. The van der Waals surface area contributed by atoms with Gasteiger partial charge in [0.15, 0.2) is 0 Å². The Morgan fingerprint density at radius 3 is 2.85 bits per heavy atom. The van der Waals surface area contributed by atoms with Gasteiger partial charge in [-0.15, -0.1) is 0 Å². The van der Waals surface area contributed by atoms with Crippen molar-refractivity contribution in [2.24, 2.45) is 5.41 Å². The van der Waals surface area contributed by atoms with Crippen molar-refractivity contribution in [2.75, 3.05) is 7.11 Å². The minimum absolute atomic E-state index is 0.0260. The third-order valence-corrected chi connectivity index (χ3v) is 5.38. The van der Waals surface area contributed by atoms with Gasteiger partial charge in [0.25, 0.3) is 0 Å². The normalized spacial score (nSPS) is 30.9. The molecule has 0 bridgehead atoms. The van der Waals surface area contributed by atoms with Crippen molar-refractivity contribution < 1.29 is 9.84 Å². The summed E-state index contributed by atoms with van der Waals surface area (Å²) in [6.45, 7) is 4.29. The average molecular weight is 272 g/mol. The van der Waals surface area contributed by atoms with Crippen LogP contribution in [-0.4, -0.2) is 12.2 Å². The Morgan fingerprint density at radius 1 is 1.35 bits per heavy atom. The first-order valence-electron chi connectivity index (χ1n) is 7.64. The molecule has 0 saturated heterocycles. The Hall–Kier alpha value is -1.28. The van der Waals surface area contributed by atoms with Crippen LogP contribution < -0.4 is 4.74 Å². The first-order chi connectivity index (χ1) is 9.57. The summed E-state index contributed by atoms with van der Waals surface area (Å²) in [5, 5.41) is 11.5. The predicted octanol–water partition coefficient (Wildman–Crippen LogP) is 3.97. The van der Waals surface area contributed by atoms with Gasteiger partial charge in [0.05, 0.1) is 7.11 Å². The summed E-state index contributed by atoms with van der Waals surface area (Å²) in [5.41, 5.74) is 2.69. The van der Waals surface area contributed by atoms with Gasteiger partial charge in [-0.25, -0.2) is 0 Å². The molecule has 2 atom stereocenters. The molecule has 0 unspecified atom stereocenters. The highest BCUT2D eigenvalue weighted by Gasteiger charge is 2.59. The predicted molar refractivity (Wildman–Crippen MR) is 80.9 cm³/mol. The molecule has 2 aliphatic carbocycles. The minimum Gasteiger partial charge on any atom is -0.497 e. The molecule has 0 spiro atoms. The molecule has 0 fully saturated rings. The van der Waals surface area contributed by atoms with Crippen LogP contribution in [0.5, 0.6) is 5.75 Å². The first-order valence-corrected chi connectivity index (χ1v) is 7.64. The van der Waals surface area contributed by atoms with E-state index in [1.807, 2.05) is 6.07 Å². The quantitative estimate of drug-likeness (QED) is 0.840. The highest BCUT2D eigenvalue weighted by Crippen LogP contribution is 2.62. The summed E-state index contributed by atoms with van der Waals surface area (Å²) in [6, 6.07) is 6.13. The number of hydrogen-bond acceptors (Lipinski definition) is 2. The molecule has 2 nitrogen and oxygen atoms in total. The number of benzene rings is 1. The Kier molecular flexibility index (Phi) is 3.17. The van der Waals surface area contributed by atoms with E-state index in [9.17, 15) is 5.11 Å². The van der Waals surface area contributed by atoms with Crippen molar-refractivity contribution in [1.82, 2.24) is 0 Å². The van der Waals surface area contributed by atoms with Gasteiger partial charge >= 0.3 is 0 Å². The summed E-state index contributed by atoms with van der Waals surface area (Å²) < 4.78 is 5.34. The van der Waals surface area contributed by atoms with Crippen LogP contribution in [0.1, 0.15) is 50.7 Å². The molecule has 2 aliphatic rings. The third-order valence-electron chi connectivity index (χ3n) is 5.38. The number of ether oxygens (including phenoxy) is 1. The lowest BCUT2D eigenvalue weighted by molar-refractivity contribution is -0.0385. The summed E-state index contributed by atoms with van der Waals surface area (Å²) in [6.07, 6.45) is 7.63. The van der Waals surface area contributed by atoms with E-state index in [-0.39, 0.29) is 5.41 Å². The maximum absolute atomic E-state index is 11.5. The van der Waals surface area contributed by atoms with Gasteiger partial charge < -0.3 is 9.84 Å². The number of allylic oxidation sites excluding steroid dienone is 1. The lowest BCUT2D eigenvalue weighted by Gasteiger charge is -2.39. The van der Waals surface area contributed by atoms with E-state index >= 15 is 0 Å². The lowest BCUT2D eigenvalue weighted by atomic mass is 9.69. The van der Waals surface area contributed by atoms with E-state index < -0.39 is 5.60 Å². The Morgan fingerprint density at radius 2 is 2.15 bits per heavy atom. The summed E-state index contributed by atoms with van der Waals surface area (Å²) in [4.78, 5) is 0. The van der Waals surface area contributed by atoms with Gasteiger partial charge in [0.2, 0.25) is 0 Å². The van der Waals surface area contributed by atoms with Gasteiger partial charge in [-0.3, -0.25) is 0 Å². The Balaban J connectivity index is 2.08. The molecule has 0 amide bonds. The van der Waals surface area contributed by atoms with E-state index in [1.54, 1.807) is 7.11 Å². The SMILES string of the molecule is CCCC[C@@]12CC=C(C)[C@]1(O)c1ccc(OC)cc1C2. The molecule has 0 saturated carbocycles. The van der Waals surface area contributed by atoms with E-state index in [4.69, 9.17) is 4.74 Å². The maximum atomic E-state index is 11.5. The fourth-order valence-corrected chi connectivity index (χ4v) is 4.21. The third kappa shape index (κ3) is 1.61. The van der Waals surface area contributed by atoms with Crippen LogP contribution >= 0.6 is 0 Å². The van der Waals surface area contributed by atoms with Crippen molar-refractivity contribution in [3.05, 3.63) is 41.0 Å². The summed E-state index contributed by atoms with van der Waals surface area (Å²) >= 11 is 0. The number of aliphatic hydroxyl groups is 1. The van der Waals surface area contributed by atoms with E-state index in [1.165, 1.54) is 18.4 Å². The van der Waals surface area contributed by atoms with E-state index in [0.717, 1.165) is 36.1 Å². The molecular formula is C18H24O2. The zero-order chi connectivity index (χ0) is 14.4. The van der Waals surface area contributed by atoms with Crippen LogP contribution in [0.3, 0.4) is 0 Å². The van der Waals surface area contributed by atoms with Crippen LogP contribution in [0, 0.1) is 5.41 Å². The van der Waals surface area contributed by atoms with Gasteiger partial charge in [-0.2, -0.15) is 0 Å². The zero-order valence-corrected chi connectivity index (χ0v) is 12.7. The fourth-order valence-electron chi connectivity index (χ4n) is 4.21. The minimum atomic E-state index is -0.760. The van der Waals surface area contributed by atoms with Crippen LogP contribution in [0.4, 0.5) is 0 Å². The second-order valence-corrected chi connectivity index (χ2v) is 6.39. The first kappa shape index (κ1) is 13.7. The molecule has 1 N–H and O–H groups in total. The maximum Gasteiger partial charge on any atom is 0.119 e. The highest BCUT2D eigenvalue weighted by atomic mass is 16.5. The largest absolute Gasteiger partial charge is 0.497 e. The molecule has 108 valence electrons. The molecule has 0 heterocycles. The molecular weight excluding hydrogens is 248 g/mol. The van der Waals surface area contributed by atoms with Crippen molar-refractivity contribution in [2.45, 2.75) is 51.6 Å². The molecule has 2 heteroatoms. The lowest BCUT2D eigenvalue weighted by Crippen LogP contribution is -2.40. The second-order valence-electron chi connectivity index (χ2n) is 6.39. The second kappa shape index (κ2) is 4.63. The molecule has 0 radical (unpaired) electrons. The Bertz CT molecular complexity index is 561. The van der Waals surface area contributed by atoms with Gasteiger partial charge in [-0.1, -0.05) is 31.9 Å². The molecule has 1 aromatic carbocycles. The zero-order valence-electron chi connectivity index (χ0n) is 12.7. The monoisotopic (exact) mass is 272 g/mol. The van der Waals surface area contributed by atoms with Crippen molar-refractivity contribution in [1.29, 1.82) is 0 Å². The van der Waals surface area contributed by atoms with Crippen LogP contribution in [0.15, 0.2) is 29.8 Å². The van der Waals surface area contributed by atoms with Gasteiger partial charge in [-0.05, 0) is 55.0 Å². The summed E-state index contributed by atoms with van der Waals surface area (Å²) in [7, 11) is 1.70. The van der Waals surface area contributed by atoms with Crippen molar-refractivity contribution in [3.8, 4) is 5.75 Å². The Labute approximate surface area is 121 Å². The molecule has 1 aromatic rings. The number of fused-ring (bicyclic) bond motifs is 3. The average Bonchev–Trinajstić information content (AvgIpc) is 2.85. The van der Waals surface area contributed by atoms with Crippen LogP contribution in [-0.2, 0) is 12.0 Å². The van der Waals surface area contributed by atoms with Gasteiger partial charge in [0, 0.05) is 5.41 Å². The van der Waals surface area contributed by atoms with E-state index in [2.05, 4.69) is 32.1 Å². The number of methoxy groups -OCH3 is 1. The van der Waals surface area contributed by atoms with Crippen molar-refractivity contribution in [3.63, 3.8) is 0 Å². The summed E-state index contributed by atoms with van der Waals surface area (Å²) in [5.74, 6) is 0.889.